The zero-order valence-electron chi connectivity index (χ0n) is 11.8. The number of hydrogen-bond donors (Lipinski definition) is 1. The summed E-state index contributed by atoms with van der Waals surface area (Å²) in [4.78, 5) is 7.49. The van der Waals surface area contributed by atoms with Crippen LogP contribution in [0.3, 0.4) is 0 Å². The van der Waals surface area contributed by atoms with Gasteiger partial charge in [-0.1, -0.05) is 19.1 Å². The van der Waals surface area contributed by atoms with Gasteiger partial charge >= 0.3 is 0 Å². The molecule has 0 radical (unpaired) electrons. The molecule has 19 heavy (non-hydrogen) atoms. The molecule has 2 N–H and O–H groups in total. The normalized spacial score (nSPS) is 19.5. The van der Waals surface area contributed by atoms with Crippen molar-refractivity contribution in [2.45, 2.75) is 32.4 Å². The lowest BCUT2D eigenvalue weighted by molar-refractivity contribution is 0.718. The molecule has 1 aromatic rings. The molecule has 0 spiro atoms. The van der Waals surface area contributed by atoms with Crippen molar-refractivity contribution in [3.8, 4) is 0 Å². The Morgan fingerprint density at radius 2 is 2.32 bits per heavy atom. The minimum Gasteiger partial charge on any atom is -0.389 e. The van der Waals surface area contributed by atoms with E-state index >= 15 is 0 Å². The first-order valence-corrected chi connectivity index (χ1v) is 8.13. The number of nitrogens with zero attached hydrogens (tertiary/aromatic N) is 2. The highest BCUT2D eigenvalue weighted by molar-refractivity contribution is 8.00. The lowest BCUT2D eigenvalue weighted by Crippen LogP contribution is -2.39. The monoisotopic (exact) mass is 295 g/mol. The van der Waals surface area contributed by atoms with Crippen LogP contribution in [0.15, 0.2) is 6.07 Å². The number of nitrogens with two attached hydrogens (primary N) is 1. The molecule has 0 bridgehead atoms. The summed E-state index contributed by atoms with van der Waals surface area (Å²) >= 11 is 7.26. The fraction of sp³-hybridized carbons (Fsp3) is 0.571. The Labute approximate surface area is 125 Å². The predicted molar refractivity (Wildman–Crippen MR) is 88.3 cm³/mol. The summed E-state index contributed by atoms with van der Waals surface area (Å²) in [5.41, 5.74) is 9.00. The van der Waals surface area contributed by atoms with Crippen LogP contribution in [0.2, 0.25) is 0 Å². The molecule has 3 nitrogen and oxygen atoms in total. The highest BCUT2D eigenvalue weighted by Crippen LogP contribution is 2.28. The summed E-state index contributed by atoms with van der Waals surface area (Å²) in [6, 6.07) is 2.05. The number of aryl methyl sites for hydroxylation is 2. The van der Waals surface area contributed by atoms with Crippen LogP contribution in [-0.4, -0.2) is 34.1 Å². The third-order valence-corrected chi connectivity index (χ3v) is 5.04. The van der Waals surface area contributed by atoms with Gasteiger partial charge in [-0.25, -0.2) is 4.98 Å². The molecule has 1 atom stereocenters. The van der Waals surface area contributed by atoms with Crippen LogP contribution in [0.4, 0.5) is 5.82 Å². The summed E-state index contributed by atoms with van der Waals surface area (Å²) < 4.78 is 0. The van der Waals surface area contributed by atoms with E-state index in [2.05, 4.69) is 30.5 Å². The molecule has 0 saturated carbocycles. The first kappa shape index (κ1) is 14.6. The summed E-state index contributed by atoms with van der Waals surface area (Å²) in [7, 11) is 0. The molecule has 1 unspecified atom stereocenters. The van der Waals surface area contributed by atoms with Crippen molar-refractivity contribution < 1.29 is 0 Å². The first-order chi connectivity index (χ1) is 9.02. The van der Waals surface area contributed by atoms with Crippen molar-refractivity contribution in [3.63, 3.8) is 0 Å². The van der Waals surface area contributed by atoms with Crippen molar-refractivity contribution in [2.75, 3.05) is 23.7 Å². The maximum Gasteiger partial charge on any atom is 0.139 e. The lowest BCUT2D eigenvalue weighted by atomic mass is 10.1. The number of pyridine rings is 1. The number of aromatic nitrogens is 1. The maximum atomic E-state index is 5.90. The van der Waals surface area contributed by atoms with E-state index < -0.39 is 0 Å². The van der Waals surface area contributed by atoms with E-state index in [1.54, 1.807) is 0 Å². The summed E-state index contributed by atoms with van der Waals surface area (Å²) in [5, 5.41) is 0.676. The number of thioether (sulfide) groups is 1. The zero-order valence-corrected chi connectivity index (χ0v) is 13.4. The van der Waals surface area contributed by atoms with Crippen molar-refractivity contribution >= 4 is 34.8 Å². The Kier molecular flexibility index (Phi) is 4.68. The Bertz CT molecular complexity index is 488. The van der Waals surface area contributed by atoms with E-state index in [0.29, 0.717) is 10.2 Å². The molecule has 1 aliphatic heterocycles. The van der Waals surface area contributed by atoms with E-state index in [0.717, 1.165) is 41.5 Å². The Morgan fingerprint density at radius 3 is 2.95 bits per heavy atom. The minimum atomic E-state index is 0.450. The molecule has 2 heterocycles. The Balaban J connectivity index is 2.40. The highest BCUT2D eigenvalue weighted by atomic mass is 32.2. The van der Waals surface area contributed by atoms with Crippen LogP contribution < -0.4 is 10.6 Å². The average Bonchev–Trinajstić information content (AvgIpc) is 2.37. The standard InChI is InChI=1S/C14H21N3S2/c1-4-11-8-17(5-6-19-11)14-12(13(15)18)9(2)7-10(3)16-14/h7,11H,4-6,8H2,1-3H3,(H2,15,18). The van der Waals surface area contributed by atoms with Crippen LogP contribution in [0.25, 0.3) is 0 Å². The molecule has 1 fully saturated rings. The van der Waals surface area contributed by atoms with Crippen LogP contribution in [0.1, 0.15) is 30.2 Å². The summed E-state index contributed by atoms with van der Waals surface area (Å²) in [6.45, 7) is 8.38. The number of anilines is 1. The largest absolute Gasteiger partial charge is 0.389 e. The number of rotatable bonds is 3. The smallest absolute Gasteiger partial charge is 0.139 e. The lowest BCUT2D eigenvalue weighted by Gasteiger charge is -2.34. The van der Waals surface area contributed by atoms with E-state index in [1.807, 2.05) is 13.0 Å². The van der Waals surface area contributed by atoms with Gasteiger partial charge in [-0.3, -0.25) is 0 Å². The summed E-state index contributed by atoms with van der Waals surface area (Å²) in [6.07, 6.45) is 1.19. The second kappa shape index (κ2) is 6.09. The van der Waals surface area contributed by atoms with Gasteiger partial charge in [-0.05, 0) is 31.9 Å². The SMILES string of the molecule is CCC1CN(c2nc(C)cc(C)c2C(N)=S)CCS1. The predicted octanol–water partition coefficient (Wildman–Crippen LogP) is 2.66. The Hall–Kier alpha value is -0.810. The number of thiocarbonyl (C=S) groups is 1. The first-order valence-electron chi connectivity index (χ1n) is 6.67. The molecule has 1 aliphatic rings. The van der Waals surface area contributed by atoms with Crippen LogP contribution in [0.5, 0.6) is 0 Å². The van der Waals surface area contributed by atoms with E-state index in [9.17, 15) is 0 Å². The fourth-order valence-corrected chi connectivity index (χ4v) is 3.94. The third kappa shape index (κ3) is 3.20. The van der Waals surface area contributed by atoms with Gasteiger partial charge in [0, 0.05) is 29.8 Å². The zero-order chi connectivity index (χ0) is 14.0. The fourth-order valence-electron chi connectivity index (χ4n) is 2.51. The minimum absolute atomic E-state index is 0.450. The molecule has 0 aliphatic carbocycles. The maximum absolute atomic E-state index is 5.90. The molecule has 0 aromatic carbocycles. The van der Waals surface area contributed by atoms with Crippen molar-refractivity contribution in [3.05, 3.63) is 22.9 Å². The van der Waals surface area contributed by atoms with Crippen LogP contribution in [-0.2, 0) is 0 Å². The van der Waals surface area contributed by atoms with Gasteiger partial charge in [-0.15, -0.1) is 0 Å². The van der Waals surface area contributed by atoms with E-state index in [4.69, 9.17) is 22.9 Å². The van der Waals surface area contributed by atoms with Gasteiger partial charge < -0.3 is 10.6 Å². The topological polar surface area (TPSA) is 42.2 Å². The Morgan fingerprint density at radius 1 is 1.58 bits per heavy atom. The molecule has 5 heteroatoms. The molecule has 1 saturated heterocycles. The van der Waals surface area contributed by atoms with Crippen LogP contribution >= 0.6 is 24.0 Å². The van der Waals surface area contributed by atoms with Crippen molar-refractivity contribution in [2.24, 2.45) is 5.73 Å². The van der Waals surface area contributed by atoms with Crippen LogP contribution in [0, 0.1) is 13.8 Å². The highest BCUT2D eigenvalue weighted by Gasteiger charge is 2.23. The summed E-state index contributed by atoms with van der Waals surface area (Å²) in [5.74, 6) is 2.12. The molecular weight excluding hydrogens is 274 g/mol. The average molecular weight is 295 g/mol. The quantitative estimate of drug-likeness (QED) is 0.868. The van der Waals surface area contributed by atoms with Gasteiger partial charge in [0.15, 0.2) is 0 Å². The number of hydrogen-bond acceptors (Lipinski definition) is 4. The van der Waals surface area contributed by atoms with E-state index in [-0.39, 0.29) is 0 Å². The van der Waals surface area contributed by atoms with Gasteiger partial charge in [0.2, 0.25) is 0 Å². The second-order valence-electron chi connectivity index (χ2n) is 4.99. The third-order valence-electron chi connectivity index (χ3n) is 3.47. The molecule has 2 rings (SSSR count). The molecule has 104 valence electrons. The van der Waals surface area contributed by atoms with E-state index in [1.165, 1.54) is 6.42 Å². The molecule has 1 aromatic heterocycles. The van der Waals surface area contributed by atoms with Crippen molar-refractivity contribution in [1.82, 2.24) is 4.98 Å². The second-order valence-corrected chi connectivity index (χ2v) is 6.84. The van der Waals surface area contributed by atoms with Gasteiger partial charge in [0.25, 0.3) is 0 Å². The van der Waals surface area contributed by atoms with Crippen molar-refractivity contribution in [1.29, 1.82) is 0 Å². The molecular formula is C14H21N3S2. The van der Waals surface area contributed by atoms with Gasteiger partial charge in [0.05, 0.1) is 5.56 Å². The molecule has 0 amide bonds. The van der Waals surface area contributed by atoms with Gasteiger partial charge in [-0.2, -0.15) is 11.8 Å². The van der Waals surface area contributed by atoms with Gasteiger partial charge in [0.1, 0.15) is 10.8 Å².